The Balaban J connectivity index is 0.000000191. The molecule has 0 fully saturated rings. The average molecular weight is 1770 g/mol. The minimum Gasteiger partial charge on any atom is -0.340 e. The summed E-state index contributed by atoms with van der Waals surface area (Å²) in [7, 11) is 0. The van der Waals surface area contributed by atoms with Crippen LogP contribution in [0, 0.1) is 0 Å². The third-order valence-electron chi connectivity index (χ3n) is 25.0. The molecule has 0 atom stereocenters. The fraction of sp³-hybridized carbons (Fsp3) is 0.282. The maximum absolute atomic E-state index is 2.57. The van der Waals surface area contributed by atoms with Gasteiger partial charge >= 0.3 is 0 Å². The van der Waals surface area contributed by atoms with Crippen LogP contribution in [0.3, 0.4) is 0 Å². The Kier molecular flexibility index (Phi) is 40.7. The van der Waals surface area contributed by atoms with Gasteiger partial charge in [-0.3, -0.25) is 0 Å². The van der Waals surface area contributed by atoms with Crippen LogP contribution in [-0.2, 0) is 38.9 Å². The second kappa shape index (κ2) is 52.0. The quantitative estimate of drug-likeness (QED) is 0.147. The molecule has 134 heavy (non-hydrogen) atoms. The van der Waals surface area contributed by atoms with Gasteiger partial charge in [-0.25, -0.2) is 0 Å². The van der Waals surface area contributed by atoms with Gasteiger partial charge < -0.3 is 13.7 Å². The van der Waals surface area contributed by atoms with Crippen molar-refractivity contribution in [1.82, 2.24) is 13.7 Å². The molecule has 0 aliphatic heterocycles. The Morgan fingerprint density at radius 1 is 0.194 bits per heavy atom. The van der Waals surface area contributed by atoms with Gasteiger partial charge in [0, 0.05) is 90.2 Å². The number of aryl methyl sites for hydroxylation is 3. The van der Waals surface area contributed by atoms with Crippen molar-refractivity contribution in [2.24, 2.45) is 0 Å². The van der Waals surface area contributed by atoms with E-state index in [1.807, 2.05) is 111 Å². The van der Waals surface area contributed by atoms with Crippen molar-refractivity contribution in [3.05, 3.63) is 373 Å². The molecule has 25 rings (SSSR count). The molecule has 0 saturated heterocycles. The van der Waals surface area contributed by atoms with Gasteiger partial charge in [-0.2, -0.15) is 0 Å². The number of nitrogens with zero attached hydrogens (tertiary/aromatic N) is 3. The summed E-state index contributed by atoms with van der Waals surface area (Å²) in [5.41, 5.74) is 25.5. The Labute approximate surface area is 806 Å². The standard InChI is InChI=1S/C34H25N.2C30H23N.3C6H8.8C2H6.3CH4/c1-2-19-35-29-18-10-9-17-27(29)33-32-24-14-6-5-13-23(24)30-22-12-4-3-11-21(22)20-28(30)31(32)25-15-7-8-16-26(25)34(33)35;1-2-17-31-27-14-8-7-13-24(27)29-25-16-15-21-20-10-4-3-9-19(20)18-26(21)28(25)22-11-5-6-12-23(22)30(29)31;1-2-17-31-26-14-8-7-13-24(26)30-27(31)16-15-23-25-18-19-9-3-4-10-20(19)28(25)21-11-5-6-12-22(21)29(23)30;3*1-2-4-6-5-3-1;8*1-2;;;/h3-18H,2,19-20H2,1H3;2*3-16H,2,17-18H2,1H3;3*1-4H,5-6H2;8*1-2H3;3*1H4. The lowest BCUT2D eigenvalue weighted by molar-refractivity contribution is 0.724. The zero-order chi connectivity index (χ0) is 92.9. The van der Waals surface area contributed by atoms with E-state index in [0.717, 1.165) is 58.2 Å². The molecular formula is C131H155N3. The normalized spacial score (nSPS) is 12.1. The number of aromatic nitrogens is 3. The van der Waals surface area contributed by atoms with Gasteiger partial charge in [-0.1, -0.05) is 469 Å². The van der Waals surface area contributed by atoms with Crippen molar-refractivity contribution in [1.29, 1.82) is 0 Å². The third kappa shape index (κ3) is 20.3. The number of allylic oxidation sites excluding steroid dienone is 12. The number of fused-ring (bicyclic) bond motifs is 39. The highest BCUT2D eigenvalue weighted by Gasteiger charge is 2.31. The number of hydrogen-bond acceptors (Lipinski definition) is 0. The molecule has 0 unspecified atom stereocenters. The van der Waals surface area contributed by atoms with Crippen molar-refractivity contribution in [2.45, 2.75) is 251 Å². The Bertz CT molecular complexity index is 7180. The Hall–Kier alpha value is -12.8. The first kappa shape index (κ1) is 105. The largest absolute Gasteiger partial charge is 0.340 e. The zero-order valence-electron chi connectivity index (χ0n) is 82.3. The highest BCUT2D eigenvalue weighted by molar-refractivity contribution is 6.39. The summed E-state index contributed by atoms with van der Waals surface area (Å²) < 4.78 is 7.64. The maximum Gasteiger partial charge on any atom is 0.0577 e. The van der Waals surface area contributed by atoms with Gasteiger partial charge in [0.05, 0.1) is 11.0 Å². The van der Waals surface area contributed by atoms with Crippen molar-refractivity contribution in [3.8, 4) is 33.4 Å². The van der Waals surface area contributed by atoms with Crippen LogP contribution >= 0.6 is 0 Å². The van der Waals surface area contributed by atoms with Gasteiger partial charge in [-0.05, 0) is 227 Å². The molecule has 3 aromatic heterocycles. The first-order valence-corrected chi connectivity index (χ1v) is 50.3. The van der Waals surface area contributed by atoms with E-state index in [1.165, 1.54) is 246 Å². The number of benzene rings is 16. The molecule has 6 aliphatic rings. The summed E-state index contributed by atoms with van der Waals surface area (Å²) >= 11 is 0. The zero-order valence-corrected chi connectivity index (χ0v) is 82.3. The van der Waals surface area contributed by atoms with E-state index >= 15 is 0 Å². The summed E-state index contributed by atoms with van der Waals surface area (Å²) in [4.78, 5) is 0. The van der Waals surface area contributed by atoms with E-state index in [2.05, 4.69) is 374 Å². The van der Waals surface area contributed by atoms with Gasteiger partial charge in [0.1, 0.15) is 0 Å². The summed E-state index contributed by atoms with van der Waals surface area (Å²) in [5.74, 6) is 0. The van der Waals surface area contributed by atoms with Crippen LogP contribution in [0.25, 0.3) is 174 Å². The SMILES string of the molecule is C.C.C.C1=CCCC=C1.C1=CCCC=C1.C1=CCCC=C1.CC.CC.CC.CC.CC.CC.CC.CC.CCCn1c2ccccc2c2c3c(ccc21)c1c(c2ccccc23)-c2ccccc2C1.CCCn1c2ccccc2c2c3c4ccccc4c4c(c3c3ccccc3c21)Cc1ccccc1-4.CCCn1c2ccccc2c2c3ccc4c(c3c3ccccc3c21)Cc1ccccc1-4. The van der Waals surface area contributed by atoms with Gasteiger partial charge in [0.2, 0.25) is 0 Å². The van der Waals surface area contributed by atoms with Crippen LogP contribution in [-0.4, -0.2) is 13.7 Å². The van der Waals surface area contributed by atoms with Crippen LogP contribution in [0.4, 0.5) is 0 Å². The van der Waals surface area contributed by atoms with E-state index in [1.54, 1.807) is 0 Å². The fourth-order valence-corrected chi connectivity index (χ4v) is 20.4. The van der Waals surface area contributed by atoms with Crippen LogP contribution in [0.5, 0.6) is 0 Å². The van der Waals surface area contributed by atoms with Crippen molar-refractivity contribution >= 4 is 141 Å². The Morgan fingerprint density at radius 3 is 0.918 bits per heavy atom. The number of rotatable bonds is 6. The highest BCUT2D eigenvalue weighted by Crippen LogP contribution is 2.54. The lowest BCUT2D eigenvalue weighted by atomic mass is 9.86. The summed E-state index contributed by atoms with van der Waals surface area (Å²) in [6.07, 6.45) is 39.4. The van der Waals surface area contributed by atoms with E-state index < -0.39 is 0 Å². The summed E-state index contributed by atoms with van der Waals surface area (Å²) in [6.45, 7) is 41.9. The second-order valence-electron chi connectivity index (χ2n) is 31.8. The smallest absolute Gasteiger partial charge is 0.0577 e. The maximum atomic E-state index is 2.57. The lowest BCUT2D eigenvalue weighted by Gasteiger charge is -2.17. The molecule has 3 heteroatoms. The molecule has 0 N–H and O–H groups in total. The van der Waals surface area contributed by atoms with Gasteiger partial charge in [-0.15, -0.1) is 0 Å². The highest BCUT2D eigenvalue weighted by atomic mass is 15.0. The Morgan fingerprint density at radius 2 is 0.493 bits per heavy atom. The lowest BCUT2D eigenvalue weighted by Crippen LogP contribution is -1.97. The summed E-state index contributed by atoms with van der Waals surface area (Å²) in [5, 5.41) is 27.9. The predicted octanol–water partition coefficient (Wildman–Crippen LogP) is 41.2. The first-order valence-electron chi connectivity index (χ1n) is 50.3. The van der Waals surface area contributed by atoms with E-state index in [-0.39, 0.29) is 22.3 Å². The van der Waals surface area contributed by atoms with Gasteiger partial charge in [0.25, 0.3) is 0 Å². The molecule has 0 spiro atoms. The molecule has 3 heterocycles. The number of para-hydroxylation sites is 3. The molecule has 0 radical (unpaired) electrons. The molecule has 0 amide bonds. The van der Waals surface area contributed by atoms with E-state index in [4.69, 9.17) is 0 Å². The molecule has 19 aromatic rings. The fourth-order valence-electron chi connectivity index (χ4n) is 20.4. The molecule has 6 aliphatic carbocycles. The van der Waals surface area contributed by atoms with Crippen molar-refractivity contribution in [3.63, 3.8) is 0 Å². The van der Waals surface area contributed by atoms with Crippen molar-refractivity contribution < 1.29 is 0 Å². The van der Waals surface area contributed by atoms with Crippen LogP contribution in [0.15, 0.2) is 340 Å². The minimum absolute atomic E-state index is 0. The van der Waals surface area contributed by atoms with E-state index in [9.17, 15) is 0 Å². The van der Waals surface area contributed by atoms with Crippen LogP contribution in [0.1, 0.15) is 245 Å². The molecule has 16 aromatic carbocycles. The van der Waals surface area contributed by atoms with Crippen LogP contribution in [0.2, 0.25) is 0 Å². The molecule has 0 bridgehead atoms. The topological polar surface area (TPSA) is 14.8 Å². The first-order chi connectivity index (χ1) is 65.1. The van der Waals surface area contributed by atoms with Gasteiger partial charge in [0.15, 0.2) is 0 Å². The monoisotopic (exact) mass is 1770 g/mol. The average Bonchev–Trinajstić information content (AvgIpc) is 1.51. The number of hydrogen-bond donors (Lipinski definition) is 0. The molecule has 3 nitrogen and oxygen atoms in total. The molecular weight excluding hydrogens is 1620 g/mol. The van der Waals surface area contributed by atoms with Crippen molar-refractivity contribution in [2.75, 3.05) is 0 Å². The summed E-state index contributed by atoms with van der Waals surface area (Å²) in [6, 6.07) is 99.5. The van der Waals surface area contributed by atoms with Crippen LogP contribution < -0.4 is 0 Å². The molecule has 0 saturated carbocycles. The molecule has 694 valence electrons. The second-order valence-corrected chi connectivity index (χ2v) is 31.8. The third-order valence-corrected chi connectivity index (χ3v) is 25.0. The predicted molar refractivity (Wildman–Crippen MR) is 610 cm³/mol. The van der Waals surface area contributed by atoms with E-state index in [0.29, 0.717) is 0 Å². The minimum atomic E-state index is 0.